The summed E-state index contributed by atoms with van der Waals surface area (Å²) in [6.07, 6.45) is -0.235. The predicted octanol–water partition coefficient (Wildman–Crippen LogP) is 4.61. The number of nitrogens with one attached hydrogen (secondary N) is 1. The van der Waals surface area contributed by atoms with Gasteiger partial charge in [-0.3, -0.25) is 9.59 Å². The number of carbonyl (C=O) groups excluding carboxylic acids is 2. The molecule has 0 spiro atoms. The summed E-state index contributed by atoms with van der Waals surface area (Å²) >= 11 is 0.419. The van der Waals surface area contributed by atoms with Crippen LogP contribution in [0.5, 0.6) is 0 Å². The lowest BCUT2D eigenvalue weighted by Crippen LogP contribution is -2.26. The lowest BCUT2D eigenvalue weighted by molar-refractivity contribution is -0.120. The second-order valence-electron chi connectivity index (χ2n) is 6.79. The molecule has 1 amide bonds. The number of carbonyl (C=O) groups is 2. The third-order valence-electron chi connectivity index (χ3n) is 4.80. The Morgan fingerprint density at radius 2 is 1.61 bits per heavy atom. The van der Waals surface area contributed by atoms with Gasteiger partial charge in [-0.25, -0.2) is 0 Å². The number of hydrogen-bond donors (Lipinski definition) is 1. The van der Waals surface area contributed by atoms with Gasteiger partial charge in [-0.15, -0.1) is 0 Å². The van der Waals surface area contributed by atoms with Crippen molar-refractivity contribution >= 4 is 40.5 Å². The fraction of sp³-hybridized carbons (Fsp3) is 0.227. The third kappa shape index (κ3) is 5.03. The fourth-order valence-corrected chi connectivity index (χ4v) is 3.85. The standard InChI is InChI=1S/C22H20F2N4O2S/c1-27-17-5-3-4-6-18(17)28(2)21(27)16(13-25)19(29)11-12-20(30)26-14-7-9-15(10-8-14)31-22(23)24/h3-10,22H,11-12H2,1-2H3,(H,26,30). The summed E-state index contributed by atoms with van der Waals surface area (Å²) < 4.78 is 24.7. The van der Waals surface area contributed by atoms with Gasteiger partial charge in [0.05, 0.1) is 11.4 Å². The molecule has 1 N–H and O–H groups in total. The SMILES string of the molecule is CN1C(=C(C#N)C(=O)CCC(=O)Nc2ccc(SC(F)F)cc2)N(C)c2ccccc21. The second kappa shape index (κ2) is 9.62. The topological polar surface area (TPSA) is 76.4 Å². The van der Waals surface area contributed by atoms with Crippen LogP contribution in [0.3, 0.4) is 0 Å². The number of halogens is 2. The normalized spacial score (nSPS) is 12.6. The molecular weight excluding hydrogens is 422 g/mol. The Morgan fingerprint density at radius 1 is 1.03 bits per heavy atom. The van der Waals surface area contributed by atoms with Crippen molar-refractivity contribution < 1.29 is 18.4 Å². The molecule has 0 aromatic heterocycles. The van der Waals surface area contributed by atoms with E-state index in [2.05, 4.69) is 5.32 Å². The molecule has 0 saturated carbocycles. The van der Waals surface area contributed by atoms with Crippen LogP contribution < -0.4 is 15.1 Å². The number of hydrogen-bond acceptors (Lipinski definition) is 6. The fourth-order valence-electron chi connectivity index (χ4n) is 3.35. The van der Waals surface area contributed by atoms with E-state index in [0.717, 1.165) is 11.4 Å². The molecular formula is C22H20F2N4O2S. The number of allylic oxidation sites excluding steroid dienone is 1. The minimum atomic E-state index is -2.51. The quantitative estimate of drug-likeness (QED) is 0.383. The number of amides is 1. The zero-order valence-corrected chi connectivity index (χ0v) is 17.7. The highest BCUT2D eigenvalue weighted by molar-refractivity contribution is 7.99. The number of alkyl halides is 2. The van der Waals surface area contributed by atoms with E-state index in [1.54, 1.807) is 23.9 Å². The average molecular weight is 442 g/mol. The second-order valence-corrected chi connectivity index (χ2v) is 7.85. The van der Waals surface area contributed by atoms with Gasteiger partial charge in [-0.2, -0.15) is 14.0 Å². The molecule has 31 heavy (non-hydrogen) atoms. The molecule has 0 radical (unpaired) electrons. The van der Waals surface area contributed by atoms with E-state index in [1.165, 1.54) is 24.3 Å². The number of ketones is 1. The summed E-state index contributed by atoms with van der Waals surface area (Å²) in [6, 6.07) is 15.6. The maximum absolute atomic E-state index is 12.7. The van der Waals surface area contributed by atoms with Crippen LogP contribution in [0.1, 0.15) is 12.8 Å². The molecule has 1 heterocycles. The Balaban J connectivity index is 1.64. The van der Waals surface area contributed by atoms with E-state index in [4.69, 9.17) is 0 Å². The lowest BCUT2D eigenvalue weighted by atomic mass is 10.1. The van der Waals surface area contributed by atoms with E-state index in [-0.39, 0.29) is 18.4 Å². The summed E-state index contributed by atoms with van der Waals surface area (Å²) in [5.74, 6) is -2.87. The molecule has 0 atom stereocenters. The van der Waals surface area contributed by atoms with Crippen LogP contribution in [0.2, 0.25) is 0 Å². The number of thioether (sulfide) groups is 1. The van der Waals surface area contributed by atoms with Crippen molar-refractivity contribution in [2.24, 2.45) is 0 Å². The molecule has 160 valence electrons. The Hall–Kier alpha value is -3.38. The third-order valence-corrected chi connectivity index (χ3v) is 5.52. The lowest BCUT2D eigenvalue weighted by Gasteiger charge is -2.19. The molecule has 2 aromatic rings. The summed E-state index contributed by atoms with van der Waals surface area (Å²) in [5.41, 5.74) is 2.20. The first-order valence-electron chi connectivity index (χ1n) is 9.40. The van der Waals surface area contributed by atoms with Gasteiger partial charge in [-0.1, -0.05) is 23.9 Å². The number of nitriles is 1. The Morgan fingerprint density at radius 3 is 2.13 bits per heavy atom. The van der Waals surface area contributed by atoms with Gasteiger partial charge in [0.25, 0.3) is 5.76 Å². The monoisotopic (exact) mass is 442 g/mol. The molecule has 0 saturated heterocycles. The molecule has 0 aliphatic carbocycles. The number of para-hydroxylation sites is 2. The first kappa shape index (κ1) is 22.3. The van der Waals surface area contributed by atoms with E-state index in [1.807, 2.05) is 30.3 Å². The van der Waals surface area contributed by atoms with Gasteiger partial charge in [0.1, 0.15) is 17.5 Å². The molecule has 2 aromatic carbocycles. The molecule has 3 rings (SSSR count). The molecule has 9 heteroatoms. The number of benzene rings is 2. The summed E-state index contributed by atoms with van der Waals surface area (Å²) in [5, 5.41) is 12.3. The number of anilines is 3. The van der Waals surface area contributed by atoms with Crippen molar-refractivity contribution in [3.05, 3.63) is 59.9 Å². The van der Waals surface area contributed by atoms with Crippen LogP contribution >= 0.6 is 11.8 Å². The highest BCUT2D eigenvalue weighted by atomic mass is 32.2. The molecule has 0 unspecified atom stereocenters. The van der Waals surface area contributed by atoms with Crippen LogP contribution in [-0.2, 0) is 9.59 Å². The highest BCUT2D eigenvalue weighted by Crippen LogP contribution is 2.40. The highest BCUT2D eigenvalue weighted by Gasteiger charge is 2.31. The van der Waals surface area contributed by atoms with E-state index < -0.39 is 17.4 Å². The number of Topliss-reactive ketones (excluding diaryl/α,β-unsaturated/α-hetero) is 1. The van der Waals surface area contributed by atoms with Crippen molar-refractivity contribution in [3.63, 3.8) is 0 Å². The van der Waals surface area contributed by atoms with Gasteiger partial charge in [0, 0.05) is 37.5 Å². The molecule has 0 fully saturated rings. The summed E-state index contributed by atoms with van der Waals surface area (Å²) in [7, 11) is 3.57. The van der Waals surface area contributed by atoms with Crippen molar-refractivity contribution in [3.8, 4) is 6.07 Å². The van der Waals surface area contributed by atoms with Crippen molar-refractivity contribution in [2.75, 3.05) is 29.2 Å². The minimum Gasteiger partial charge on any atom is -0.328 e. The van der Waals surface area contributed by atoms with Crippen molar-refractivity contribution in [1.29, 1.82) is 5.26 Å². The molecule has 1 aliphatic rings. The number of rotatable bonds is 7. The predicted molar refractivity (Wildman–Crippen MR) is 117 cm³/mol. The van der Waals surface area contributed by atoms with Crippen molar-refractivity contribution in [1.82, 2.24) is 0 Å². The van der Waals surface area contributed by atoms with Crippen LogP contribution in [0.15, 0.2) is 64.8 Å². The van der Waals surface area contributed by atoms with Crippen molar-refractivity contribution in [2.45, 2.75) is 23.5 Å². The Kier molecular flexibility index (Phi) is 6.92. The Bertz CT molecular complexity index is 1030. The van der Waals surface area contributed by atoms with E-state index in [0.29, 0.717) is 28.2 Å². The summed E-state index contributed by atoms with van der Waals surface area (Å²) in [4.78, 5) is 28.9. The zero-order chi connectivity index (χ0) is 22.5. The maximum atomic E-state index is 12.7. The van der Waals surface area contributed by atoms with Gasteiger partial charge in [0.2, 0.25) is 5.91 Å². The molecule has 0 bridgehead atoms. The summed E-state index contributed by atoms with van der Waals surface area (Å²) in [6.45, 7) is 0. The maximum Gasteiger partial charge on any atom is 0.288 e. The van der Waals surface area contributed by atoms with E-state index in [9.17, 15) is 23.6 Å². The number of fused-ring (bicyclic) bond motifs is 1. The average Bonchev–Trinajstić information content (AvgIpc) is 2.99. The smallest absolute Gasteiger partial charge is 0.288 e. The van der Waals surface area contributed by atoms with Crippen LogP contribution in [0.25, 0.3) is 0 Å². The minimum absolute atomic E-state index is 0.0117. The largest absolute Gasteiger partial charge is 0.328 e. The number of nitrogens with zero attached hydrogens (tertiary/aromatic N) is 3. The Labute approximate surface area is 183 Å². The zero-order valence-electron chi connectivity index (χ0n) is 16.9. The first-order valence-corrected chi connectivity index (χ1v) is 10.3. The van der Waals surface area contributed by atoms with Crippen LogP contribution in [0, 0.1) is 11.3 Å². The first-order chi connectivity index (χ1) is 14.8. The van der Waals surface area contributed by atoms with Gasteiger partial charge in [0.15, 0.2) is 5.78 Å². The van der Waals surface area contributed by atoms with Crippen LogP contribution in [0.4, 0.5) is 25.8 Å². The van der Waals surface area contributed by atoms with Gasteiger partial charge >= 0.3 is 0 Å². The van der Waals surface area contributed by atoms with Crippen LogP contribution in [-0.4, -0.2) is 31.5 Å². The van der Waals surface area contributed by atoms with Gasteiger partial charge < -0.3 is 15.1 Å². The van der Waals surface area contributed by atoms with E-state index >= 15 is 0 Å². The molecule has 6 nitrogen and oxygen atoms in total. The van der Waals surface area contributed by atoms with Gasteiger partial charge in [-0.05, 0) is 36.4 Å². The molecule has 1 aliphatic heterocycles.